The molecule has 0 saturated carbocycles. The molecule has 1 heterocycles. The summed E-state index contributed by atoms with van der Waals surface area (Å²) in [6.07, 6.45) is 5.61. The third-order valence-corrected chi connectivity index (χ3v) is 2.74. The molecule has 2 N–H and O–H groups in total. The minimum absolute atomic E-state index is 0.148. The van der Waals surface area contributed by atoms with Crippen LogP contribution in [-0.4, -0.2) is 9.78 Å². The molecule has 0 aliphatic heterocycles. The first-order valence-corrected chi connectivity index (χ1v) is 5.00. The molecule has 1 atom stereocenters. The maximum atomic E-state index is 8.51. The van der Waals surface area contributed by atoms with E-state index >= 15 is 0 Å². The molecule has 1 aromatic rings. The third-order valence-electron chi connectivity index (χ3n) is 2.74. The van der Waals surface area contributed by atoms with E-state index in [9.17, 15) is 0 Å². The minimum Gasteiger partial charge on any atom is -0.324 e. The van der Waals surface area contributed by atoms with Gasteiger partial charge in [-0.3, -0.25) is 4.68 Å². The molecule has 0 saturated heterocycles. The first-order valence-electron chi connectivity index (χ1n) is 5.00. The number of nitrogens with two attached hydrogens (primary N) is 1. The van der Waals surface area contributed by atoms with Crippen LogP contribution in [0.5, 0.6) is 0 Å². The van der Waals surface area contributed by atoms with Crippen molar-refractivity contribution >= 4 is 0 Å². The van der Waals surface area contributed by atoms with Gasteiger partial charge in [-0.1, -0.05) is 0 Å². The topological polar surface area (TPSA) is 67.6 Å². The van der Waals surface area contributed by atoms with Gasteiger partial charge in [-0.2, -0.15) is 10.4 Å². The SMILES string of the molecule is N#CCCn1ncc2c1CCCC2N. The molecular weight excluding hydrogens is 176 g/mol. The van der Waals surface area contributed by atoms with E-state index in [0.717, 1.165) is 19.3 Å². The molecule has 74 valence electrons. The van der Waals surface area contributed by atoms with Crippen LogP contribution in [0.2, 0.25) is 0 Å². The second kappa shape index (κ2) is 3.81. The summed E-state index contributed by atoms with van der Waals surface area (Å²) in [5.41, 5.74) is 8.38. The van der Waals surface area contributed by atoms with Crippen molar-refractivity contribution in [2.45, 2.75) is 38.3 Å². The highest BCUT2D eigenvalue weighted by Gasteiger charge is 2.20. The van der Waals surface area contributed by atoms with Crippen LogP contribution in [0.4, 0.5) is 0 Å². The Hall–Kier alpha value is -1.34. The lowest BCUT2D eigenvalue weighted by molar-refractivity contribution is 0.524. The summed E-state index contributed by atoms with van der Waals surface area (Å²) in [5.74, 6) is 0. The number of hydrogen-bond acceptors (Lipinski definition) is 3. The highest BCUT2D eigenvalue weighted by Crippen LogP contribution is 2.27. The molecule has 1 aliphatic rings. The van der Waals surface area contributed by atoms with Gasteiger partial charge < -0.3 is 5.73 Å². The molecule has 1 aromatic heterocycles. The molecule has 14 heavy (non-hydrogen) atoms. The second-order valence-corrected chi connectivity index (χ2v) is 3.68. The molecule has 0 aromatic carbocycles. The van der Waals surface area contributed by atoms with Crippen LogP contribution >= 0.6 is 0 Å². The van der Waals surface area contributed by atoms with Gasteiger partial charge in [-0.15, -0.1) is 0 Å². The van der Waals surface area contributed by atoms with Gasteiger partial charge in [-0.25, -0.2) is 0 Å². The molecule has 4 nitrogen and oxygen atoms in total. The second-order valence-electron chi connectivity index (χ2n) is 3.68. The summed E-state index contributed by atoms with van der Waals surface area (Å²) in [6.45, 7) is 0.693. The normalized spacial score (nSPS) is 20.1. The molecule has 4 heteroatoms. The Labute approximate surface area is 83.3 Å². The summed E-state index contributed by atoms with van der Waals surface area (Å²) in [7, 11) is 0. The summed E-state index contributed by atoms with van der Waals surface area (Å²) < 4.78 is 1.93. The lowest BCUT2D eigenvalue weighted by atomic mass is 9.94. The Bertz CT molecular complexity index is 361. The average Bonchev–Trinajstić information content (AvgIpc) is 2.60. The van der Waals surface area contributed by atoms with Gasteiger partial charge in [0.1, 0.15) is 0 Å². The lowest BCUT2D eigenvalue weighted by Crippen LogP contribution is -2.18. The zero-order valence-electron chi connectivity index (χ0n) is 8.11. The van der Waals surface area contributed by atoms with Crippen molar-refractivity contribution in [3.05, 3.63) is 17.5 Å². The van der Waals surface area contributed by atoms with Crippen molar-refractivity contribution in [2.75, 3.05) is 0 Å². The fraction of sp³-hybridized carbons (Fsp3) is 0.600. The molecule has 1 aliphatic carbocycles. The van der Waals surface area contributed by atoms with E-state index < -0.39 is 0 Å². The van der Waals surface area contributed by atoms with E-state index in [-0.39, 0.29) is 6.04 Å². The number of nitrogens with zero attached hydrogens (tertiary/aromatic N) is 3. The fourth-order valence-corrected chi connectivity index (χ4v) is 2.00. The van der Waals surface area contributed by atoms with Crippen molar-refractivity contribution in [3.8, 4) is 6.07 Å². The summed E-state index contributed by atoms with van der Waals surface area (Å²) in [4.78, 5) is 0. The largest absolute Gasteiger partial charge is 0.324 e. The fourth-order valence-electron chi connectivity index (χ4n) is 2.00. The Morgan fingerprint density at radius 3 is 3.36 bits per heavy atom. The van der Waals surface area contributed by atoms with Crippen LogP contribution < -0.4 is 5.73 Å². The van der Waals surface area contributed by atoms with Crippen molar-refractivity contribution in [1.29, 1.82) is 5.26 Å². The zero-order chi connectivity index (χ0) is 9.97. The number of hydrogen-bond donors (Lipinski definition) is 1. The van der Waals surface area contributed by atoms with Gasteiger partial charge in [0.2, 0.25) is 0 Å². The van der Waals surface area contributed by atoms with Crippen LogP contribution in [0.25, 0.3) is 0 Å². The predicted octanol–water partition coefficient (Wildman–Crippen LogP) is 1.13. The van der Waals surface area contributed by atoms with Crippen molar-refractivity contribution in [1.82, 2.24) is 9.78 Å². The highest BCUT2D eigenvalue weighted by atomic mass is 15.3. The zero-order valence-corrected chi connectivity index (χ0v) is 8.11. The number of aromatic nitrogens is 2. The molecule has 0 radical (unpaired) electrons. The van der Waals surface area contributed by atoms with Crippen LogP contribution in [-0.2, 0) is 13.0 Å². The Morgan fingerprint density at radius 2 is 2.57 bits per heavy atom. The maximum absolute atomic E-state index is 8.51. The molecule has 0 fully saturated rings. The van der Waals surface area contributed by atoms with E-state index in [1.54, 1.807) is 0 Å². The Balaban J connectivity index is 2.23. The molecular formula is C10H14N4. The van der Waals surface area contributed by atoms with Crippen molar-refractivity contribution < 1.29 is 0 Å². The quantitative estimate of drug-likeness (QED) is 0.760. The van der Waals surface area contributed by atoms with Gasteiger partial charge in [0, 0.05) is 17.3 Å². The van der Waals surface area contributed by atoms with Gasteiger partial charge in [-0.05, 0) is 19.3 Å². The van der Waals surface area contributed by atoms with E-state index in [1.807, 2.05) is 10.9 Å². The number of rotatable bonds is 2. The Morgan fingerprint density at radius 1 is 1.71 bits per heavy atom. The van der Waals surface area contributed by atoms with Crippen LogP contribution in [0, 0.1) is 11.3 Å². The van der Waals surface area contributed by atoms with E-state index in [2.05, 4.69) is 11.2 Å². The molecule has 1 unspecified atom stereocenters. The number of fused-ring (bicyclic) bond motifs is 1. The first kappa shape index (κ1) is 9.22. The molecule has 0 spiro atoms. The number of nitriles is 1. The predicted molar refractivity (Wildman–Crippen MR) is 52.3 cm³/mol. The lowest BCUT2D eigenvalue weighted by Gasteiger charge is -2.19. The standard InChI is InChI=1S/C10H14N4/c11-5-2-6-14-10-4-1-3-9(12)8(10)7-13-14/h7,9H,1-4,6,12H2. The van der Waals surface area contributed by atoms with Crippen molar-refractivity contribution in [3.63, 3.8) is 0 Å². The number of aryl methyl sites for hydroxylation is 1. The van der Waals surface area contributed by atoms with Crippen LogP contribution in [0.1, 0.15) is 36.6 Å². The van der Waals surface area contributed by atoms with Crippen LogP contribution in [0.3, 0.4) is 0 Å². The van der Waals surface area contributed by atoms with Crippen molar-refractivity contribution in [2.24, 2.45) is 5.73 Å². The van der Waals surface area contributed by atoms with Gasteiger partial charge in [0.05, 0.1) is 25.2 Å². The van der Waals surface area contributed by atoms with E-state index in [1.165, 1.54) is 11.3 Å². The summed E-state index contributed by atoms with van der Waals surface area (Å²) in [5, 5.41) is 12.8. The van der Waals surface area contributed by atoms with Gasteiger partial charge >= 0.3 is 0 Å². The molecule has 2 rings (SSSR count). The average molecular weight is 190 g/mol. The third kappa shape index (κ3) is 1.51. The molecule has 0 amide bonds. The van der Waals surface area contributed by atoms with Gasteiger partial charge in [0.15, 0.2) is 0 Å². The van der Waals surface area contributed by atoms with Crippen LogP contribution in [0.15, 0.2) is 6.20 Å². The molecule has 0 bridgehead atoms. The summed E-state index contributed by atoms with van der Waals surface area (Å²) >= 11 is 0. The Kier molecular flexibility index (Phi) is 2.51. The monoisotopic (exact) mass is 190 g/mol. The smallest absolute Gasteiger partial charge is 0.0641 e. The minimum atomic E-state index is 0.148. The van der Waals surface area contributed by atoms with Gasteiger partial charge in [0.25, 0.3) is 0 Å². The van der Waals surface area contributed by atoms with E-state index in [4.69, 9.17) is 11.0 Å². The highest BCUT2D eigenvalue weighted by molar-refractivity contribution is 5.24. The summed E-state index contributed by atoms with van der Waals surface area (Å²) in [6, 6.07) is 2.28. The van der Waals surface area contributed by atoms with E-state index in [0.29, 0.717) is 13.0 Å². The first-order chi connectivity index (χ1) is 6.83. The maximum Gasteiger partial charge on any atom is 0.0641 e.